The molecular weight excluding hydrogens is 264 g/mol. The van der Waals surface area contributed by atoms with Crippen molar-refractivity contribution in [3.8, 4) is 5.75 Å². The zero-order chi connectivity index (χ0) is 13.5. The molecule has 1 amide bonds. The molecule has 5 heteroatoms. The van der Waals surface area contributed by atoms with Gasteiger partial charge in [0.2, 0.25) is 0 Å². The van der Waals surface area contributed by atoms with E-state index >= 15 is 0 Å². The van der Waals surface area contributed by atoms with E-state index in [9.17, 15) is 4.79 Å². The summed E-state index contributed by atoms with van der Waals surface area (Å²) in [5, 5.41) is 2.81. The van der Waals surface area contributed by atoms with Gasteiger partial charge in [-0.2, -0.15) is 0 Å². The van der Waals surface area contributed by atoms with Crippen LogP contribution in [0, 0.1) is 13.8 Å². The van der Waals surface area contributed by atoms with E-state index < -0.39 is 0 Å². The van der Waals surface area contributed by atoms with Crippen LogP contribution in [0.1, 0.15) is 11.1 Å². The first kappa shape index (κ1) is 17.7. The molecule has 0 radical (unpaired) electrons. The summed E-state index contributed by atoms with van der Waals surface area (Å²) < 4.78 is 5.51. The van der Waals surface area contributed by atoms with Crippen LogP contribution in [0.15, 0.2) is 18.2 Å². The van der Waals surface area contributed by atoms with Crippen molar-refractivity contribution in [1.82, 2.24) is 10.2 Å². The van der Waals surface area contributed by atoms with Gasteiger partial charge in [-0.3, -0.25) is 4.79 Å². The number of likely N-dealkylation sites (N-methyl/N-ethyl adjacent to an activating group) is 1. The number of nitrogens with zero attached hydrogens (tertiary/aromatic N) is 1. The van der Waals surface area contributed by atoms with Crippen LogP contribution in [-0.4, -0.2) is 44.6 Å². The molecule has 108 valence electrons. The van der Waals surface area contributed by atoms with Gasteiger partial charge in [0.25, 0.3) is 5.91 Å². The van der Waals surface area contributed by atoms with Crippen molar-refractivity contribution in [3.63, 3.8) is 0 Å². The van der Waals surface area contributed by atoms with Crippen LogP contribution in [0.4, 0.5) is 0 Å². The van der Waals surface area contributed by atoms with Gasteiger partial charge in [-0.15, -0.1) is 0 Å². The number of hydrogen-bond donors (Lipinski definition) is 1. The Hall–Kier alpha value is -1.26. The van der Waals surface area contributed by atoms with Crippen molar-refractivity contribution in [2.24, 2.45) is 0 Å². The molecule has 0 unspecified atom stereocenters. The molecule has 0 bridgehead atoms. The van der Waals surface area contributed by atoms with Gasteiger partial charge in [-0.05, 0) is 45.1 Å². The molecule has 0 aromatic heterocycles. The molecule has 0 heterocycles. The predicted octanol–water partition coefficient (Wildman–Crippen LogP) is -1.64. The number of rotatable bonds is 6. The van der Waals surface area contributed by atoms with Crippen molar-refractivity contribution >= 4 is 5.91 Å². The fraction of sp³-hybridized carbons (Fsp3) is 0.500. The number of halogens is 1. The summed E-state index contributed by atoms with van der Waals surface area (Å²) >= 11 is 0. The Morgan fingerprint density at radius 3 is 2.63 bits per heavy atom. The zero-order valence-electron chi connectivity index (χ0n) is 12.0. The second-order valence-electron chi connectivity index (χ2n) is 4.71. The van der Waals surface area contributed by atoms with Crippen LogP contribution < -0.4 is 22.5 Å². The topological polar surface area (TPSA) is 41.6 Å². The number of nitrogens with one attached hydrogen (secondary N) is 1. The molecule has 0 saturated carbocycles. The molecular formula is C14H22ClN2O2-. The minimum atomic E-state index is -0.0854. The summed E-state index contributed by atoms with van der Waals surface area (Å²) in [6, 6.07) is 5.97. The van der Waals surface area contributed by atoms with E-state index in [0.29, 0.717) is 6.54 Å². The van der Waals surface area contributed by atoms with Gasteiger partial charge in [0, 0.05) is 13.1 Å². The highest BCUT2D eigenvalue weighted by Crippen LogP contribution is 2.18. The van der Waals surface area contributed by atoms with E-state index in [4.69, 9.17) is 4.74 Å². The molecule has 4 nitrogen and oxygen atoms in total. The van der Waals surface area contributed by atoms with E-state index in [0.717, 1.165) is 23.4 Å². The third-order valence-electron chi connectivity index (χ3n) is 2.58. The largest absolute Gasteiger partial charge is 1.00 e. The van der Waals surface area contributed by atoms with Gasteiger partial charge in [0.05, 0.1) is 0 Å². The van der Waals surface area contributed by atoms with Crippen molar-refractivity contribution in [2.75, 3.05) is 33.8 Å². The Labute approximate surface area is 121 Å². The minimum absolute atomic E-state index is 0. The maximum Gasteiger partial charge on any atom is 0.257 e. The molecule has 19 heavy (non-hydrogen) atoms. The lowest BCUT2D eigenvalue weighted by molar-refractivity contribution is -0.123. The molecule has 0 atom stereocenters. The summed E-state index contributed by atoms with van der Waals surface area (Å²) in [6.07, 6.45) is 0. The van der Waals surface area contributed by atoms with Crippen molar-refractivity contribution in [2.45, 2.75) is 13.8 Å². The van der Waals surface area contributed by atoms with Gasteiger partial charge in [0.15, 0.2) is 6.61 Å². The Balaban J connectivity index is 0.00000324. The summed E-state index contributed by atoms with van der Waals surface area (Å²) in [6.45, 7) is 5.51. The van der Waals surface area contributed by atoms with E-state index in [1.165, 1.54) is 0 Å². The van der Waals surface area contributed by atoms with Crippen LogP contribution in [0.3, 0.4) is 0 Å². The first-order valence-electron chi connectivity index (χ1n) is 6.10. The summed E-state index contributed by atoms with van der Waals surface area (Å²) in [7, 11) is 3.94. The highest BCUT2D eigenvalue weighted by molar-refractivity contribution is 5.77. The average molecular weight is 286 g/mol. The summed E-state index contributed by atoms with van der Waals surface area (Å²) in [5.41, 5.74) is 2.17. The molecule has 0 spiro atoms. The quantitative estimate of drug-likeness (QED) is 0.682. The van der Waals surface area contributed by atoms with Crippen molar-refractivity contribution in [3.05, 3.63) is 29.3 Å². The number of carbonyl (C=O) groups excluding carboxylic acids is 1. The number of amides is 1. The van der Waals surface area contributed by atoms with Gasteiger partial charge < -0.3 is 27.4 Å². The third kappa shape index (κ3) is 7.03. The first-order chi connectivity index (χ1) is 8.49. The summed E-state index contributed by atoms with van der Waals surface area (Å²) in [5.74, 6) is 0.690. The fourth-order valence-electron chi connectivity index (χ4n) is 1.48. The smallest absolute Gasteiger partial charge is 0.257 e. The first-order valence-corrected chi connectivity index (χ1v) is 6.10. The molecule has 1 aromatic carbocycles. The SMILES string of the molecule is Cc1ccc(C)c(OCC(=O)NCCN(C)C)c1.[Cl-]. The lowest BCUT2D eigenvalue weighted by atomic mass is 10.1. The second-order valence-corrected chi connectivity index (χ2v) is 4.71. The van der Waals surface area contributed by atoms with Crippen molar-refractivity contribution < 1.29 is 21.9 Å². The molecule has 0 aliphatic rings. The molecule has 1 N–H and O–H groups in total. The molecule has 1 rings (SSSR count). The number of aryl methyl sites for hydroxylation is 2. The fourth-order valence-corrected chi connectivity index (χ4v) is 1.48. The highest BCUT2D eigenvalue weighted by Gasteiger charge is 2.04. The van der Waals surface area contributed by atoms with Crippen molar-refractivity contribution in [1.29, 1.82) is 0 Å². The maximum atomic E-state index is 11.5. The monoisotopic (exact) mass is 285 g/mol. The molecule has 0 fully saturated rings. The van der Waals surface area contributed by atoms with Crippen LogP contribution >= 0.6 is 0 Å². The molecule has 0 aliphatic heterocycles. The predicted molar refractivity (Wildman–Crippen MR) is 73.0 cm³/mol. The second kappa shape index (κ2) is 8.77. The molecule has 1 aromatic rings. The number of ether oxygens (including phenoxy) is 1. The van der Waals surface area contributed by atoms with E-state index in [1.54, 1.807) is 0 Å². The highest BCUT2D eigenvalue weighted by atomic mass is 35.5. The van der Waals surface area contributed by atoms with Gasteiger partial charge in [-0.1, -0.05) is 12.1 Å². The average Bonchev–Trinajstić information content (AvgIpc) is 2.30. The van der Waals surface area contributed by atoms with Crippen LogP contribution in [-0.2, 0) is 4.79 Å². The number of carbonyl (C=O) groups is 1. The molecule has 0 aliphatic carbocycles. The maximum absolute atomic E-state index is 11.5. The Kier molecular flexibility index (Phi) is 8.19. The van der Waals surface area contributed by atoms with Gasteiger partial charge in [0.1, 0.15) is 5.75 Å². The van der Waals surface area contributed by atoms with Gasteiger partial charge >= 0.3 is 0 Å². The minimum Gasteiger partial charge on any atom is -1.00 e. The van der Waals surface area contributed by atoms with Crippen LogP contribution in [0.25, 0.3) is 0 Å². The van der Waals surface area contributed by atoms with E-state index in [-0.39, 0.29) is 24.9 Å². The Morgan fingerprint density at radius 2 is 2.00 bits per heavy atom. The summed E-state index contributed by atoms with van der Waals surface area (Å²) in [4.78, 5) is 13.6. The third-order valence-corrected chi connectivity index (χ3v) is 2.58. The Morgan fingerprint density at radius 1 is 1.32 bits per heavy atom. The number of benzene rings is 1. The lowest BCUT2D eigenvalue weighted by Gasteiger charge is -2.12. The molecule has 0 saturated heterocycles. The zero-order valence-corrected chi connectivity index (χ0v) is 12.8. The van der Waals surface area contributed by atoms with Crippen LogP contribution in [0.2, 0.25) is 0 Å². The van der Waals surface area contributed by atoms with Crippen LogP contribution in [0.5, 0.6) is 5.75 Å². The van der Waals surface area contributed by atoms with Gasteiger partial charge in [-0.25, -0.2) is 0 Å². The lowest BCUT2D eigenvalue weighted by Crippen LogP contribution is -3.00. The standard InChI is InChI=1S/C14H22N2O2.ClH/c1-11-5-6-12(2)13(9-11)18-10-14(17)15-7-8-16(3)4;/h5-6,9H,7-8,10H2,1-4H3,(H,15,17);1H/p-1. The number of hydrogen-bond acceptors (Lipinski definition) is 3. The normalized spacial score (nSPS) is 9.95. The van der Waals surface area contributed by atoms with E-state index in [1.807, 2.05) is 51.0 Å². The Bertz CT molecular complexity index is 408. The van der Waals surface area contributed by atoms with E-state index in [2.05, 4.69) is 5.32 Å².